The van der Waals surface area contributed by atoms with Crippen molar-refractivity contribution in [3.63, 3.8) is 0 Å². The van der Waals surface area contributed by atoms with Gasteiger partial charge >= 0.3 is 0 Å². The van der Waals surface area contributed by atoms with Crippen LogP contribution in [0.2, 0.25) is 0 Å². The summed E-state index contributed by atoms with van der Waals surface area (Å²) in [7, 11) is -3.38. The van der Waals surface area contributed by atoms with E-state index in [1.165, 1.54) is 0 Å². The quantitative estimate of drug-likeness (QED) is 0.368. The minimum absolute atomic E-state index is 0.0818. The molecule has 0 saturated carbocycles. The van der Waals surface area contributed by atoms with E-state index in [1.807, 2.05) is 41.3 Å². The highest BCUT2D eigenvalue weighted by Gasteiger charge is 2.17. The highest BCUT2D eigenvalue weighted by atomic mass is 32.2. The molecule has 3 aromatic heterocycles. The molecule has 0 saturated heterocycles. The van der Waals surface area contributed by atoms with Gasteiger partial charge in [-0.25, -0.2) is 22.8 Å². The molecule has 0 aliphatic carbocycles. The number of carbonyl (C=O) groups excluding carboxylic acids is 1. The zero-order valence-electron chi connectivity index (χ0n) is 19.3. The molecule has 178 valence electrons. The van der Waals surface area contributed by atoms with Crippen molar-refractivity contribution >= 4 is 38.3 Å². The number of nitrogens with zero attached hydrogens (tertiary/aromatic N) is 3. The van der Waals surface area contributed by atoms with Gasteiger partial charge in [0, 0.05) is 23.2 Å². The molecule has 4 rings (SSSR count). The van der Waals surface area contributed by atoms with Crippen LogP contribution in [0.4, 0.5) is 0 Å². The van der Waals surface area contributed by atoms with Crippen LogP contribution in [0, 0.1) is 6.92 Å². The highest BCUT2D eigenvalue weighted by Crippen LogP contribution is 2.20. The van der Waals surface area contributed by atoms with Gasteiger partial charge in [0.1, 0.15) is 0 Å². The minimum Gasteiger partial charge on any atom is -0.348 e. The molecule has 2 N–H and O–H groups in total. The summed E-state index contributed by atoms with van der Waals surface area (Å²) < 4.78 is 28.6. The Bertz CT molecular complexity index is 1390. The molecule has 1 amide bonds. The monoisotopic (exact) mass is 497 g/mol. The van der Waals surface area contributed by atoms with Crippen molar-refractivity contribution in [2.45, 2.75) is 45.7 Å². The number of rotatable bonds is 9. The van der Waals surface area contributed by atoms with Gasteiger partial charge in [0.15, 0.2) is 5.65 Å². The van der Waals surface area contributed by atoms with Crippen LogP contribution < -0.4 is 10.0 Å². The molecule has 0 radical (unpaired) electrons. The van der Waals surface area contributed by atoms with Gasteiger partial charge in [-0.3, -0.25) is 4.79 Å². The Labute approximate surface area is 203 Å². The van der Waals surface area contributed by atoms with Crippen LogP contribution in [0.15, 0.2) is 54.0 Å². The van der Waals surface area contributed by atoms with E-state index in [2.05, 4.69) is 20.1 Å². The average molecular weight is 498 g/mol. The van der Waals surface area contributed by atoms with E-state index in [-0.39, 0.29) is 17.7 Å². The Kier molecular flexibility index (Phi) is 7.11. The molecule has 0 atom stereocenters. The largest absolute Gasteiger partial charge is 0.348 e. The first kappa shape index (κ1) is 24.1. The Hall–Kier alpha value is -3.08. The lowest BCUT2D eigenvalue weighted by atomic mass is 10.1. The van der Waals surface area contributed by atoms with E-state index in [0.717, 1.165) is 16.1 Å². The molecule has 3 heterocycles. The fourth-order valence-electron chi connectivity index (χ4n) is 3.68. The number of amides is 1. The topological polar surface area (TPSA) is 106 Å². The number of carbonyl (C=O) groups is 1. The van der Waals surface area contributed by atoms with Gasteiger partial charge in [0.05, 0.1) is 29.4 Å². The molecule has 1 aromatic carbocycles. The minimum atomic E-state index is -3.38. The van der Waals surface area contributed by atoms with E-state index in [0.29, 0.717) is 35.2 Å². The molecule has 8 nitrogen and oxygen atoms in total. The zero-order chi connectivity index (χ0) is 24.3. The summed E-state index contributed by atoms with van der Waals surface area (Å²) >= 11 is 1.65. The molecular formula is C24H27N5O3S2. The van der Waals surface area contributed by atoms with Gasteiger partial charge < -0.3 is 5.32 Å². The number of aryl methyl sites for hydroxylation is 1. The summed E-state index contributed by atoms with van der Waals surface area (Å²) in [6.07, 6.45) is 1.69. The first-order valence-electron chi connectivity index (χ1n) is 10.9. The van der Waals surface area contributed by atoms with Crippen LogP contribution >= 0.6 is 11.3 Å². The molecule has 0 aliphatic rings. The fraction of sp³-hybridized carbons (Fsp3) is 0.292. The first-order valence-corrected chi connectivity index (χ1v) is 13.4. The van der Waals surface area contributed by atoms with Gasteiger partial charge in [-0.2, -0.15) is 5.10 Å². The predicted molar refractivity (Wildman–Crippen MR) is 134 cm³/mol. The Balaban J connectivity index is 1.45. The van der Waals surface area contributed by atoms with Gasteiger partial charge in [0.25, 0.3) is 5.91 Å². The number of hydrogen-bond donors (Lipinski definition) is 2. The molecule has 34 heavy (non-hydrogen) atoms. The van der Waals surface area contributed by atoms with E-state index in [1.54, 1.807) is 49.6 Å². The van der Waals surface area contributed by atoms with Gasteiger partial charge in [-0.1, -0.05) is 30.3 Å². The van der Waals surface area contributed by atoms with Crippen molar-refractivity contribution < 1.29 is 13.2 Å². The number of hydrogen-bond acceptors (Lipinski definition) is 6. The second-order valence-corrected chi connectivity index (χ2v) is 11.2. The van der Waals surface area contributed by atoms with Crippen molar-refractivity contribution in [2.24, 2.45) is 0 Å². The maximum atomic E-state index is 13.0. The third kappa shape index (κ3) is 5.88. The zero-order valence-corrected chi connectivity index (χ0v) is 20.9. The number of sulfonamides is 1. The number of thiophene rings is 1. The number of pyridine rings is 1. The molecule has 0 fully saturated rings. The summed E-state index contributed by atoms with van der Waals surface area (Å²) in [4.78, 5) is 18.8. The third-order valence-electron chi connectivity index (χ3n) is 5.12. The molecule has 4 aromatic rings. The molecule has 0 unspecified atom stereocenters. The van der Waals surface area contributed by atoms with Crippen LogP contribution in [0.1, 0.15) is 45.9 Å². The number of aromatic nitrogens is 3. The summed E-state index contributed by atoms with van der Waals surface area (Å²) in [5, 5.41) is 10.1. The SMILES string of the molecule is Cc1cc(C(=O)NCc2ccc(CS(=O)(=O)NC(C)C)cc2)c2cnn(Cc3cccs3)c2n1. The lowest BCUT2D eigenvalue weighted by Crippen LogP contribution is -2.31. The third-order valence-corrected chi connectivity index (χ3v) is 7.52. The normalized spacial score (nSPS) is 11.9. The molecule has 10 heteroatoms. The standard InChI is InChI=1S/C24H27N5O3S2/c1-16(2)28-34(31,32)15-19-8-6-18(7-9-19)12-25-24(30)21-11-17(3)27-23-22(21)13-26-29(23)14-20-5-4-10-33-20/h4-11,13,16,28H,12,14-15H2,1-3H3,(H,25,30). The van der Waals surface area contributed by atoms with Crippen LogP contribution in [0.25, 0.3) is 11.0 Å². The predicted octanol–water partition coefficient (Wildman–Crippen LogP) is 3.61. The van der Waals surface area contributed by atoms with Crippen molar-refractivity contribution in [1.82, 2.24) is 24.8 Å². The maximum Gasteiger partial charge on any atom is 0.252 e. The first-order chi connectivity index (χ1) is 16.2. The van der Waals surface area contributed by atoms with E-state index >= 15 is 0 Å². The Morgan fingerprint density at radius 1 is 1.15 bits per heavy atom. The number of fused-ring (bicyclic) bond motifs is 1. The van der Waals surface area contributed by atoms with Gasteiger partial charge in [-0.15, -0.1) is 11.3 Å². The van der Waals surface area contributed by atoms with Crippen LogP contribution in [0.5, 0.6) is 0 Å². The molecular weight excluding hydrogens is 470 g/mol. The van der Waals surface area contributed by atoms with Gasteiger partial charge in [0.2, 0.25) is 10.0 Å². The highest BCUT2D eigenvalue weighted by molar-refractivity contribution is 7.88. The van der Waals surface area contributed by atoms with Crippen molar-refractivity contribution in [3.8, 4) is 0 Å². The second-order valence-electron chi connectivity index (χ2n) is 8.46. The summed E-state index contributed by atoms with van der Waals surface area (Å²) in [6, 6.07) is 12.9. The number of nitrogens with one attached hydrogen (secondary N) is 2. The maximum absolute atomic E-state index is 13.0. The molecule has 0 aliphatic heterocycles. The van der Waals surface area contributed by atoms with Crippen LogP contribution in [-0.4, -0.2) is 35.1 Å². The van der Waals surface area contributed by atoms with Crippen molar-refractivity contribution in [3.05, 3.63) is 81.3 Å². The van der Waals surface area contributed by atoms with E-state index in [4.69, 9.17) is 0 Å². The fourth-order valence-corrected chi connectivity index (χ4v) is 5.80. The van der Waals surface area contributed by atoms with E-state index in [9.17, 15) is 13.2 Å². The Morgan fingerprint density at radius 2 is 1.88 bits per heavy atom. The molecule has 0 bridgehead atoms. The van der Waals surface area contributed by atoms with Crippen molar-refractivity contribution in [1.29, 1.82) is 0 Å². The van der Waals surface area contributed by atoms with Crippen LogP contribution in [-0.2, 0) is 28.9 Å². The molecule has 0 spiro atoms. The lowest BCUT2D eigenvalue weighted by Gasteiger charge is -2.10. The second kappa shape index (κ2) is 10.0. The number of benzene rings is 1. The summed E-state index contributed by atoms with van der Waals surface area (Å²) in [5.74, 6) is -0.291. The summed E-state index contributed by atoms with van der Waals surface area (Å²) in [5.41, 5.74) is 3.52. The van der Waals surface area contributed by atoms with Crippen LogP contribution in [0.3, 0.4) is 0 Å². The van der Waals surface area contributed by atoms with E-state index < -0.39 is 10.0 Å². The lowest BCUT2D eigenvalue weighted by molar-refractivity contribution is 0.0952. The smallest absolute Gasteiger partial charge is 0.252 e. The Morgan fingerprint density at radius 3 is 2.56 bits per heavy atom. The average Bonchev–Trinajstić information content (AvgIpc) is 3.42. The summed E-state index contributed by atoms with van der Waals surface area (Å²) in [6.45, 7) is 6.36. The van der Waals surface area contributed by atoms with Gasteiger partial charge in [-0.05, 0) is 49.4 Å². The van der Waals surface area contributed by atoms with Crippen molar-refractivity contribution in [2.75, 3.05) is 0 Å².